The summed E-state index contributed by atoms with van der Waals surface area (Å²) < 4.78 is 0. The van der Waals surface area contributed by atoms with Gasteiger partial charge in [0.05, 0.1) is 13.2 Å². The summed E-state index contributed by atoms with van der Waals surface area (Å²) in [5, 5.41) is 49.7. The lowest BCUT2D eigenvalue weighted by Crippen LogP contribution is -2.15. The topological polar surface area (TPSA) is 173 Å². The van der Waals surface area contributed by atoms with Crippen LogP contribution in [0.3, 0.4) is 0 Å². The number of hydrogen-bond acceptors (Lipinski definition) is 6. The van der Waals surface area contributed by atoms with Crippen molar-refractivity contribution < 1.29 is 45.0 Å². The Morgan fingerprint density at radius 3 is 0.369 bits per heavy atom. The molecule has 0 aliphatic heterocycles. The fraction of sp³-hybridized carbons (Fsp3) is 0.960. The van der Waals surface area contributed by atoms with Gasteiger partial charge in [0.2, 0.25) is 0 Å². The van der Waals surface area contributed by atoms with Gasteiger partial charge in [-0.15, -0.1) is 0 Å². The van der Waals surface area contributed by atoms with E-state index < -0.39 is 24.0 Å². The normalized spacial score (nSPS) is 11.0. The molecular weight excluding hydrogens is 1040 g/mol. The Balaban J connectivity index is -0.000000543. The van der Waals surface area contributed by atoms with Crippen molar-refractivity contribution in [1.82, 2.24) is 0 Å². The van der Waals surface area contributed by atoms with E-state index in [-0.39, 0.29) is 13.2 Å². The fourth-order valence-corrected chi connectivity index (χ4v) is 11.2. The Bertz CT molecular complexity index is 1040. The lowest BCUT2D eigenvalue weighted by Gasteiger charge is -2.04. The van der Waals surface area contributed by atoms with Crippen LogP contribution in [0.5, 0.6) is 0 Å². The average Bonchev–Trinajstić information content (AvgIpc) is 3.48. The molecule has 0 atom stereocenters. The summed E-state index contributed by atoms with van der Waals surface area (Å²) in [7, 11) is 0. The molecule has 0 aromatic carbocycles. The minimum Gasteiger partial charge on any atom is -0.481 e. The zero-order chi connectivity index (χ0) is 62.4. The Morgan fingerprint density at radius 2 is 0.298 bits per heavy atom. The Labute approximate surface area is 524 Å². The van der Waals surface area contributed by atoms with Crippen LogP contribution in [0.15, 0.2) is 0 Å². The second-order valence-corrected chi connectivity index (χ2v) is 25.7. The van der Waals surface area contributed by atoms with Crippen molar-refractivity contribution in [1.29, 1.82) is 0 Å². The summed E-state index contributed by atoms with van der Waals surface area (Å²) in [6.45, 7) is 6.13. The number of aliphatic carboxylic acids is 3. The molecule has 9 heteroatoms. The first-order chi connectivity index (χ1) is 41.1. The summed E-state index contributed by atoms with van der Waals surface area (Å²) in [5.74, 6) is -1.95. The number of aliphatic hydroxyl groups excluding tert-OH is 3. The van der Waals surface area contributed by atoms with Crippen LogP contribution in [0.2, 0.25) is 0 Å². The summed E-state index contributed by atoms with van der Waals surface area (Å²) in [6.07, 6.45) is 86.2. The average molecular weight is 1200 g/mol. The highest BCUT2D eigenvalue weighted by molar-refractivity contribution is 5.67. The molecular formula is C75H152O9. The summed E-state index contributed by atoms with van der Waals surface area (Å²) in [5.41, 5.74) is 0. The van der Waals surface area contributed by atoms with E-state index in [4.69, 9.17) is 30.6 Å². The zero-order valence-electron chi connectivity index (χ0n) is 57.1. The highest BCUT2D eigenvalue weighted by Gasteiger charge is 2.02. The van der Waals surface area contributed by atoms with Crippen molar-refractivity contribution in [3.63, 3.8) is 0 Å². The third-order valence-electron chi connectivity index (χ3n) is 16.9. The lowest BCUT2D eigenvalue weighted by atomic mass is 10.0. The van der Waals surface area contributed by atoms with E-state index in [0.717, 1.165) is 38.5 Å². The van der Waals surface area contributed by atoms with E-state index in [9.17, 15) is 14.4 Å². The minimum absolute atomic E-state index is 0.346. The first-order valence-electron chi connectivity index (χ1n) is 37.7. The molecule has 0 fully saturated rings. The van der Waals surface area contributed by atoms with Gasteiger partial charge in [-0.25, -0.2) is 0 Å². The summed E-state index contributed by atoms with van der Waals surface area (Å²) >= 11 is 0. The quantitative estimate of drug-likeness (QED) is 0.0324. The molecule has 0 rings (SSSR count). The van der Waals surface area contributed by atoms with Crippen molar-refractivity contribution in [3.8, 4) is 0 Å². The summed E-state index contributed by atoms with van der Waals surface area (Å²) in [6, 6.07) is 0. The van der Waals surface area contributed by atoms with Crippen molar-refractivity contribution >= 4 is 17.9 Å². The van der Waals surface area contributed by atoms with Gasteiger partial charge in [-0.3, -0.25) is 14.4 Å². The highest BCUT2D eigenvalue weighted by Crippen LogP contribution is 2.19. The molecule has 0 radical (unpaired) electrons. The number of unbranched alkanes of at least 4 members (excludes halogenated alkanes) is 60. The van der Waals surface area contributed by atoms with Crippen molar-refractivity contribution in [2.75, 3.05) is 13.2 Å². The molecule has 0 saturated carbocycles. The molecule has 0 aromatic heterocycles. The third-order valence-corrected chi connectivity index (χ3v) is 16.9. The minimum atomic E-state index is -0.954. The second-order valence-electron chi connectivity index (χ2n) is 25.7. The summed E-state index contributed by atoms with van der Waals surface area (Å²) in [4.78, 5) is 31.2. The number of aliphatic hydroxyl groups is 3. The maximum absolute atomic E-state index is 10.4. The zero-order valence-corrected chi connectivity index (χ0v) is 57.1. The SMILES string of the molecule is CCCCCCCCCCCCCCCCCCCCCCCC(=O)O.CCCCCCCCCCCCCCCCCCCCCCCC(=O)O.CCCCCCCCCCCCCCCCCCCCCCCC(=O)O.OCC(O)CO. The number of rotatable bonds is 68. The molecule has 0 aliphatic rings. The fourth-order valence-electron chi connectivity index (χ4n) is 11.2. The highest BCUT2D eigenvalue weighted by atomic mass is 16.4. The monoisotopic (exact) mass is 1200 g/mol. The molecule has 0 spiro atoms. The van der Waals surface area contributed by atoms with Gasteiger partial charge < -0.3 is 30.6 Å². The molecule has 0 heterocycles. The van der Waals surface area contributed by atoms with E-state index in [1.165, 1.54) is 366 Å². The standard InChI is InChI=1S/3C24H48O2.C3H8O3/c3*1-2-3-4-5-6-7-8-9-10-11-12-13-14-15-16-17-18-19-20-21-22-23-24(25)26;4-1-3(6)2-5/h3*2-23H2,1H3,(H,25,26);3-6H,1-2H2. The number of hydrogen-bond donors (Lipinski definition) is 6. The van der Waals surface area contributed by atoms with Crippen LogP contribution in [0.25, 0.3) is 0 Å². The Hall–Kier alpha value is -1.71. The van der Waals surface area contributed by atoms with Gasteiger partial charge in [-0.2, -0.15) is 0 Å². The van der Waals surface area contributed by atoms with E-state index in [1.807, 2.05) is 0 Å². The second kappa shape index (κ2) is 85.5. The van der Waals surface area contributed by atoms with Gasteiger partial charge in [0.15, 0.2) is 0 Å². The number of carboxylic acids is 3. The van der Waals surface area contributed by atoms with E-state index in [1.54, 1.807) is 0 Å². The van der Waals surface area contributed by atoms with Crippen LogP contribution >= 0.6 is 0 Å². The van der Waals surface area contributed by atoms with Gasteiger partial charge in [0, 0.05) is 19.3 Å². The van der Waals surface area contributed by atoms with Crippen molar-refractivity contribution in [2.24, 2.45) is 0 Å². The van der Waals surface area contributed by atoms with Gasteiger partial charge in [0.25, 0.3) is 0 Å². The smallest absolute Gasteiger partial charge is 0.303 e. The first kappa shape index (κ1) is 88.7. The van der Waals surface area contributed by atoms with E-state index >= 15 is 0 Å². The van der Waals surface area contributed by atoms with Crippen LogP contribution in [0.4, 0.5) is 0 Å². The molecule has 0 unspecified atom stereocenters. The largest absolute Gasteiger partial charge is 0.481 e. The molecule has 6 N–H and O–H groups in total. The first-order valence-corrected chi connectivity index (χ1v) is 37.7. The molecule has 0 aromatic rings. The Kier molecular flexibility index (Phi) is 90.3. The van der Waals surface area contributed by atoms with Crippen LogP contribution < -0.4 is 0 Å². The Morgan fingerprint density at radius 1 is 0.202 bits per heavy atom. The molecule has 506 valence electrons. The third kappa shape index (κ3) is 99.3. The maximum atomic E-state index is 10.4. The molecule has 0 bridgehead atoms. The predicted octanol–water partition coefficient (Wildman–Crippen LogP) is 24.4. The predicted molar refractivity (Wildman–Crippen MR) is 365 cm³/mol. The van der Waals surface area contributed by atoms with Gasteiger partial charge in [0.1, 0.15) is 6.10 Å². The molecule has 0 saturated heterocycles. The molecule has 0 aliphatic carbocycles. The molecule has 84 heavy (non-hydrogen) atoms. The van der Waals surface area contributed by atoms with Crippen LogP contribution in [0, 0.1) is 0 Å². The van der Waals surface area contributed by atoms with Crippen molar-refractivity contribution in [2.45, 2.75) is 451 Å². The van der Waals surface area contributed by atoms with E-state index in [0.29, 0.717) is 19.3 Å². The van der Waals surface area contributed by atoms with Gasteiger partial charge in [-0.1, -0.05) is 406 Å². The van der Waals surface area contributed by atoms with Crippen LogP contribution in [-0.2, 0) is 14.4 Å². The van der Waals surface area contributed by atoms with Crippen LogP contribution in [-0.4, -0.2) is 67.9 Å². The number of carboxylic acid groups (broad SMARTS) is 3. The van der Waals surface area contributed by atoms with Gasteiger partial charge in [-0.05, 0) is 19.3 Å². The molecule has 9 nitrogen and oxygen atoms in total. The molecule has 0 amide bonds. The maximum Gasteiger partial charge on any atom is 0.303 e. The van der Waals surface area contributed by atoms with Crippen molar-refractivity contribution in [3.05, 3.63) is 0 Å². The number of carbonyl (C=O) groups is 3. The lowest BCUT2D eigenvalue weighted by molar-refractivity contribution is -0.138. The van der Waals surface area contributed by atoms with Crippen LogP contribution in [0.1, 0.15) is 445 Å². The van der Waals surface area contributed by atoms with E-state index in [2.05, 4.69) is 20.8 Å². The van der Waals surface area contributed by atoms with Gasteiger partial charge >= 0.3 is 17.9 Å².